The summed E-state index contributed by atoms with van der Waals surface area (Å²) in [6.07, 6.45) is 3.24. The van der Waals surface area contributed by atoms with Crippen LogP contribution in [0.15, 0.2) is 91.0 Å². The minimum Gasteiger partial charge on any atom is -0.508 e. The van der Waals surface area contributed by atoms with Crippen LogP contribution in [0.5, 0.6) is 5.75 Å². The minimum absolute atomic E-state index is 0.00228. The Morgan fingerprint density at radius 1 is 0.879 bits per heavy atom. The van der Waals surface area contributed by atoms with Crippen molar-refractivity contribution in [1.29, 1.82) is 0 Å². The van der Waals surface area contributed by atoms with Gasteiger partial charge in [-0.3, -0.25) is 9.69 Å². The van der Waals surface area contributed by atoms with E-state index in [0.717, 1.165) is 36.3 Å². The molecule has 0 saturated carbocycles. The first-order valence-electron chi connectivity index (χ1n) is 11.4. The molecule has 5 nitrogen and oxygen atoms in total. The number of carbonyl (C=O) groups is 1. The van der Waals surface area contributed by atoms with Gasteiger partial charge in [0.2, 0.25) is 5.91 Å². The predicted octanol–water partition coefficient (Wildman–Crippen LogP) is 4.36. The molecular weight excluding hydrogens is 412 g/mol. The average Bonchev–Trinajstić information content (AvgIpc) is 2.87. The molecule has 0 atom stereocenters. The Morgan fingerprint density at radius 2 is 1.52 bits per heavy atom. The van der Waals surface area contributed by atoms with Gasteiger partial charge in [0.1, 0.15) is 11.9 Å². The molecule has 0 radical (unpaired) electrons. The van der Waals surface area contributed by atoms with E-state index in [9.17, 15) is 9.90 Å². The van der Waals surface area contributed by atoms with Crippen LogP contribution in [0, 0.1) is 0 Å². The number of benzene rings is 3. The van der Waals surface area contributed by atoms with Crippen molar-refractivity contribution in [2.75, 3.05) is 39.3 Å². The van der Waals surface area contributed by atoms with Gasteiger partial charge in [0.25, 0.3) is 0 Å². The summed E-state index contributed by atoms with van der Waals surface area (Å²) in [5, 5.41) is 9.55. The van der Waals surface area contributed by atoms with Gasteiger partial charge in [-0.25, -0.2) is 0 Å². The van der Waals surface area contributed by atoms with Crippen LogP contribution >= 0.6 is 0 Å². The smallest absolute Gasteiger partial charge is 0.246 e. The molecule has 1 aliphatic heterocycles. The van der Waals surface area contributed by atoms with E-state index in [4.69, 9.17) is 4.74 Å². The first-order chi connectivity index (χ1) is 16.2. The highest BCUT2D eigenvalue weighted by molar-refractivity contribution is 5.91. The van der Waals surface area contributed by atoms with Gasteiger partial charge in [0, 0.05) is 38.8 Å². The number of carbonyl (C=O) groups excluding carboxylic acids is 1. The first kappa shape index (κ1) is 22.8. The van der Waals surface area contributed by atoms with Gasteiger partial charge in [0.15, 0.2) is 0 Å². The summed E-state index contributed by atoms with van der Waals surface area (Å²) >= 11 is 0. The molecule has 1 amide bonds. The highest BCUT2D eigenvalue weighted by Gasteiger charge is 2.20. The maximum atomic E-state index is 12.5. The van der Waals surface area contributed by atoms with Crippen LogP contribution in [-0.2, 0) is 9.53 Å². The lowest BCUT2D eigenvalue weighted by molar-refractivity contribution is -0.127. The Hall–Kier alpha value is -3.41. The zero-order valence-electron chi connectivity index (χ0n) is 18.7. The van der Waals surface area contributed by atoms with Crippen molar-refractivity contribution >= 4 is 12.0 Å². The third-order valence-corrected chi connectivity index (χ3v) is 5.87. The molecule has 1 aliphatic rings. The number of phenols is 1. The fraction of sp³-hybridized carbons (Fsp3) is 0.250. The summed E-state index contributed by atoms with van der Waals surface area (Å²) in [6.45, 7) is 4.51. The van der Waals surface area contributed by atoms with Crippen LogP contribution in [-0.4, -0.2) is 60.1 Å². The van der Waals surface area contributed by atoms with E-state index in [1.807, 2.05) is 47.4 Å². The predicted molar refractivity (Wildman–Crippen MR) is 131 cm³/mol. The molecule has 4 rings (SSSR count). The summed E-state index contributed by atoms with van der Waals surface area (Å²) in [5.41, 5.74) is 3.11. The number of phenolic OH excluding ortho intramolecular Hbond substituents is 1. The molecule has 170 valence electrons. The van der Waals surface area contributed by atoms with Gasteiger partial charge < -0.3 is 14.7 Å². The van der Waals surface area contributed by atoms with Gasteiger partial charge in [-0.1, -0.05) is 72.8 Å². The molecular formula is C28H30N2O3. The molecule has 1 heterocycles. The molecule has 0 aromatic heterocycles. The fourth-order valence-electron chi connectivity index (χ4n) is 4.03. The number of nitrogens with zero attached hydrogens (tertiary/aromatic N) is 2. The number of rotatable bonds is 8. The molecule has 0 aliphatic carbocycles. The number of aromatic hydroxyl groups is 1. The van der Waals surface area contributed by atoms with Crippen molar-refractivity contribution in [3.8, 4) is 5.75 Å². The van der Waals surface area contributed by atoms with Gasteiger partial charge in [-0.05, 0) is 34.9 Å². The van der Waals surface area contributed by atoms with Gasteiger partial charge in [-0.15, -0.1) is 0 Å². The number of ether oxygens (including phenoxy) is 1. The van der Waals surface area contributed by atoms with Crippen LogP contribution in [0.2, 0.25) is 0 Å². The molecule has 0 bridgehead atoms. The van der Waals surface area contributed by atoms with Crippen molar-refractivity contribution < 1.29 is 14.6 Å². The molecule has 33 heavy (non-hydrogen) atoms. The van der Waals surface area contributed by atoms with Crippen molar-refractivity contribution in [2.45, 2.75) is 6.10 Å². The second-order valence-electron chi connectivity index (χ2n) is 8.17. The van der Waals surface area contributed by atoms with Crippen molar-refractivity contribution in [2.24, 2.45) is 0 Å². The van der Waals surface area contributed by atoms with E-state index in [-0.39, 0.29) is 17.8 Å². The number of hydrogen-bond donors (Lipinski definition) is 1. The van der Waals surface area contributed by atoms with Crippen LogP contribution in [0.25, 0.3) is 6.08 Å². The zero-order chi connectivity index (χ0) is 22.9. The Labute approximate surface area is 195 Å². The molecule has 3 aromatic carbocycles. The van der Waals surface area contributed by atoms with Crippen LogP contribution < -0.4 is 0 Å². The highest BCUT2D eigenvalue weighted by atomic mass is 16.5. The molecule has 1 N–H and O–H groups in total. The van der Waals surface area contributed by atoms with Crippen LogP contribution in [0.3, 0.4) is 0 Å². The monoisotopic (exact) mass is 442 g/mol. The normalized spacial score (nSPS) is 14.8. The quantitative estimate of drug-likeness (QED) is 0.527. The molecule has 1 saturated heterocycles. The van der Waals surface area contributed by atoms with Crippen LogP contribution in [0.4, 0.5) is 0 Å². The van der Waals surface area contributed by atoms with E-state index in [0.29, 0.717) is 19.7 Å². The first-order valence-corrected chi connectivity index (χ1v) is 11.4. The second-order valence-corrected chi connectivity index (χ2v) is 8.17. The summed E-state index contributed by atoms with van der Waals surface area (Å²) in [7, 11) is 0. The van der Waals surface area contributed by atoms with Crippen LogP contribution in [0.1, 0.15) is 22.8 Å². The Kier molecular flexibility index (Phi) is 7.90. The van der Waals surface area contributed by atoms with Gasteiger partial charge in [0.05, 0.1) is 6.61 Å². The van der Waals surface area contributed by atoms with Gasteiger partial charge >= 0.3 is 0 Å². The summed E-state index contributed by atoms with van der Waals surface area (Å²) in [5.74, 6) is 0.199. The molecule has 0 unspecified atom stereocenters. The maximum absolute atomic E-state index is 12.5. The maximum Gasteiger partial charge on any atom is 0.246 e. The zero-order valence-corrected chi connectivity index (χ0v) is 18.7. The molecule has 3 aromatic rings. The second kappa shape index (κ2) is 11.5. The number of hydrogen-bond acceptors (Lipinski definition) is 4. The fourth-order valence-corrected chi connectivity index (χ4v) is 4.03. The van der Waals surface area contributed by atoms with E-state index in [2.05, 4.69) is 29.2 Å². The van der Waals surface area contributed by atoms with E-state index >= 15 is 0 Å². The Morgan fingerprint density at radius 3 is 2.12 bits per heavy atom. The third-order valence-electron chi connectivity index (χ3n) is 5.87. The largest absolute Gasteiger partial charge is 0.508 e. The van der Waals surface area contributed by atoms with E-state index < -0.39 is 0 Å². The summed E-state index contributed by atoms with van der Waals surface area (Å²) < 4.78 is 6.33. The lowest BCUT2D eigenvalue weighted by Gasteiger charge is -2.34. The average molecular weight is 443 g/mol. The standard InChI is InChI=1S/C28H30N2O3/c31-26-13-7-8-23(22-26)14-15-27(32)30-18-16-29(17-19-30)20-21-33-28(24-9-3-1-4-10-24)25-11-5-2-6-12-25/h1-15,22,28,31H,16-21H2/b15-14+. The highest BCUT2D eigenvalue weighted by Crippen LogP contribution is 2.25. The van der Waals surface area contributed by atoms with Crippen molar-refractivity contribution in [3.63, 3.8) is 0 Å². The van der Waals surface area contributed by atoms with E-state index in [1.54, 1.807) is 30.4 Å². The minimum atomic E-state index is -0.0853. The number of amides is 1. The molecule has 1 fully saturated rings. The van der Waals surface area contributed by atoms with E-state index in [1.165, 1.54) is 0 Å². The van der Waals surface area contributed by atoms with Crippen molar-refractivity contribution in [1.82, 2.24) is 9.80 Å². The molecule has 5 heteroatoms. The summed E-state index contributed by atoms with van der Waals surface area (Å²) in [6, 6.07) is 27.5. The topological polar surface area (TPSA) is 53.0 Å². The molecule has 0 spiro atoms. The lowest BCUT2D eigenvalue weighted by Crippen LogP contribution is -2.49. The van der Waals surface area contributed by atoms with Crippen molar-refractivity contribution in [3.05, 3.63) is 108 Å². The Balaban J connectivity index is 1.25. The summed E-state index contributed by atoms with van der Waals surface area (Å²) in [4.78, 5) is 16.7. The third kappa shape index (κ3) is 6.54. The lowest BCUT2D eigenvalue weighted by atomic mass is 10.0. The number of piperazine rings is 1. The Bertz CT molecular complexity index is 1010. The SMILES string of the molecule is O=C(/C=C/c1cccc(O)c1)N1CCN(CCOC(c2ccccc2)c2ccccc2)CC1. The van der Waals surface area contributed by atoms with Gasteiger partial charge in [-0.2, -0.15) is 0 Å².